The van der Waals surface area contributed by atoms with Crippen LogP contribution >= 0.6 is 0 Å². The van der Waals surface area contributed by atoms with Gasteiger partial charge in [0, 0.05) is 26.7 Å². The molecule has 6 heteroatoms. The zero-order valence-corrected chi connectivity index (χ0v) is 11.5. The maximum atomic E-state index is 14.1. The summed E-state index contributed by atoms with van der Waals surface area (Å²) in [6.45, 7) is 0.966. The Morgan fingerprint density at radius 1 is 1.45 bits per heavy atom. The van der Waals surface area contributed by atoms with Gasteiger partial charge < -0.3 is 16.0 Å². The molecule has 0 spiro atoms. The molecule has 1 aromatic carbocycles. The van der Waals surface area contributed by atoms with Crippen molar-refractivity contribution in [2.45, 2.75) is 19.4 Å². The van der Waals surface area contributed by atoms with Gasteiger partial charge in [0.2, 0.25) is 5.91 Å². The second-order valence-corrected chi connectivity index (χ2v) is 5.01. The Morgan fingerprint density at radius 2 is 2.10 bits per heavy atom. The number of benzene rings is 1. The molecule has 1 fully saturated rings. The number of carbonyl (C=O) groups is 1. The number of hydrogen-bond acceptors (Lipinski definition) is 3. The quantitative estimate of drug-likeness (QED) is 0.881. The molecule has 4 nitrogen and oxygen atoms in total. The summed E-state index contributed by atoms with van der Waals surface area (Å²) in [6, 6.07) is 2.50. The van der Waals surface area contributed by atoms with Gasteiger partial charge in [0.05, 0.1) is 5.92 Å². The minimum absolute atomic E-state index is 0.0594. The Kier molecular flexibility index (Phi) is 4.54. The third kappa shape index (κ3) is 2.90. The highest BCUT2D eigenvalue weighted by Gasteiger charge is 2.28. The highest BCUT2D eigenvalue weighted by molar-refractivity contribution is 5.79. The molecule has 20 heavy (non-hydrogen) atoms. The van der Waals surface area contributed by atoms with Crippen molar-refractivity contribution in [2.75, 3.05) is 25.0 Å². The second-order valence-electron chi connectivity index (χ2n) is 5.01. The lowest BCUT2D eigenvalue weighted by Gasteiger charge is -2.34. The zero-order valence-electron chi connectivity index (χ0n) is 11.5. The lowest BCUT2D eigenvalue weighted by atomic mass is 9.96. The minimum atomic E-state index is -0.622. The van der Waals surface area contributed by atoms with E-state index in [1.165, 1.54) is 12.1 Å². The Labute approximate surface area is 116 Å². The summed E-state index contributed by atoms with van der Waals surface area (Å²) >= 11 is 0. The fourth-order valence-corrected chi connectivity index (χ4v) is 2.64. The number of nitrogens with zero attached hydrogens (tertiary/aromatic N) is 1. The molecule has 1 amide bonds. The van der Waals surface area contributed by atoms with Crippen LogP contribution in [0.2, 0.25) is 0 Å². The zero-order chi connectivity index (χ0) is 14.7. The van der Waals surface area contributed by atoms with Crippen molar-refractivity contribution in [1.29, 1.82) is 0 Å². The van der Waals surface area contributed by atoms with Crippen molar-refractivity contribution in [3.8, 4) is 0 Å². The lowest BCUT2D eigenvalue weighted by Crippen LogP contribution is -2.42. The molecule has 1 atom stereocenters. The molecule has 1 aliphatic rings. The van der Waals surface area contributed by atoms with E-state index in [0.717, 1.165) is 12.8 Å². The summed E-state index contributed by atoms with van der Waals surface area (Å²) in [4.78, 5) is 13.3. The van der Waals surface area contributed by atoms with Crippen LogP contribution in [0.15, 0.2) is 12.1 Å². The first-order valence-electron chi connectivity index (χ1n) is 6.71. The van der Waals surface area contributed by atoms with E-state index < -0.39 is 11.6 Å². The third-order valence-corrected chi connectivity index (χ3v) is 3.67. The Bertz CT molecular complexity index is 484. The van der Waals surface area contributed by atoms with E-state index in [1.807, 2.05) is 0 Å². The van der Waals surface area contributed by atoms with Crippen LogP contribution in [0.3, 0.4) is 0 Å². The summed E-state index contributed by atoms with van der Waals surface area (Å²) in [5, 5.41) is 2.58. The fourth-order valence-electron chi connectivity index (χ4n) is 2.64. The Balaban J connectivity index is 2.25. The summed E-state index contributed by atoms with van der Waals surface area (Å²) in [5.41, 5.74) is 5.76. The van der Waals surface area contributed by atoms with Gasteiger partial charge in [-0.15, -0.1) is 0 Å². The van der Waals surface area contributed by atoms with E-state index in [4.69, 9.17) is 5.73 Å². The van der Waals surface area contributed by atoms with Gasteiger partial charge in [-0.3, -0.25) is 4.79 Å². The first-order valence-corrected chi connectivity index (χ1v) is 6.71. The van der Waals surface area contributed by atoms with Crippen molar-refractivity contribution >= 4 is 11.6 Å². The first kappa shape index (κ1) is 14.7. The van der Waals surface area contributed by atoms with E-state index in [1.54, 1.807) is 11.9 Å². The standard InChI is InChI=1S/C14H19F2N3O/c1-18-14(20)10-3-2-4-19(8-10)13-11(15)5-9(7-17)6-12(13)16/h5-6,10H,2-4,7-8,17H2,1H3,(H,18,20). The highest BCUT2D eigenvalue weighted by Crippen LogP contribution is 2.29. The van der Waals surface area contributed by atoms with Crippen molar-refractivity contribution in [1.82, 2.24) is 5.32 Å². The molecule has 2 rings (SSSR count). The highest BCUT2D eigenvalue weighted by atomic mass is 19.1. The monoisotopic (exact) mass is 283 g/mol. The molecule has 1 aromatic rings. The molecule has 0 bridgehead atoms. The van der Waals surface area contributed by atoms with Crippen molar-refractivity contribution in [3.05, 3.63) is 29.3 Å². The van der Waals surface area contributed by atoms with Crippen molar-refractivity contribution < 1.29 is 13.6 Å². The topological polar surface area (TPSA) is 58.4 Å². The minimum Gasteiger partial charge on any atom is -0.366 e. The Morgan fingerprint density at radius 3 is 2.65 bits per heavy atom. The van der Waals surface area contributed by atoms with Crippen molar-refractivity contribution in [3.63, 3.8) is 0 Å². The van der Waals surface area contributed by atoms with Gasteiger partial charge in [0.15, 0.2) is 0 Å². The predicted octanol–water partition coefficient (Wildman–Crippen LogP) is 1.39. The molecule has 110 valence electrons. The average Bonchev–Trinajstić information content (AvgIpc) is 2.45. The number of anilines is 1. The van der Waals surface area contributed by atoms with Gasteiger partial charge in [-0.05, 0) is 30.5 Å². The van der Waals surface area contributed by atoms with E-state index >= 15 is 0 Å². The van der Waals surface area contributed by atoms with E-state index in [9.17, 15) is 13.6 Å². The number of nitrogens with two attached hydrogens (primary N) is 1. The molecule has 1 aliphatic heterocycles. The SMILES string of the molecule is CNC(=O)C1CCCN(c2c(F)cc(CN)cc2F)C1. The molecule has 1 heterocycles. The predicted molar refractivity (Wildman–Crippen MR) is 73.3 cm³/mol. The van der Waals surface area contributed by atoms with Crippen molar-refractivity contribution in [2.24, 2.45) is 11.7 Å². The number of piperidine rings is 1. The molecule has 1 saturated heterocycles. The number of carbonyl (C=O) groups excluding carboxylic acids is 1. The molecule has 0 radical (unpaired) electrons. The smallest absolute Gasteiger partial charge is 0.224 e. The number of amides is 1. The van der Waals surface area contributed by atoms with Crippen LogP contribution in [0.1, 0.15) is 18.4 Å². The van der Waals surface area contributed by atoms with E-state index in [0.29, 0.717) is 18.7 Å². The normalized spacial score (nSPS) is 19.0. The fraction of sp³-hybridized carbons (Fsp3) is 0.500. The molecule has 3 N–H and O–H groups in total. The van der Waals surface area contributed by atoms with Crippen LogP contribution in [0.4, 0.5) is 14.5 Å². The summed E-state index contributed by atoms with van der Waals surface area (Å²) in [5.74, 6) is -1.57. The van der Waals surface area contributed by atoms with Crippen LogP contribution < -0.4 is 16.0 Å². The molecule has 0 saturated carbocycles. The largest absolute Gasteiger partial charge is 0.366 e. The second kappa shape index (κ2) is 6.17. The van der Waals surface area contributed by atoms with Gasteiger partial charge in [-0.1, -0.05) is 0 Å². The van der Waals surface area contributed by atoms with Gasteiger partial charge >= 0.3 is 0 Å². The summed E-state index contributed by atoms with van der Waals surface area (Å²) in [7, 11) is 1.57. The lowest BCUT2D eigenvalue weighted by molar-refractivity contribution is -0.124. The molecular formula is C14H19F2N3O. The average molecular weight is 283 g/mol. The number of halogens is 2. The molecular weight excluding hydrogens is 264 g/mol. The van der Waals surface area contributed by atoms with Gasteiger partial charge in [0.1, 0.15) is 17.3 Å². The van der Waals surface area contributed by atoms with E-state index in [-0.39, 0.29) is 24.1 Å². The van der Waals surface area contributed by atoms with Crippen LogP contribution in [-0.4, -0.2) is 26.0 Å². The Hall–Kier alpha value is -1.69. The number of hydrogen-bond donors (Lipinski definition) is 2. The van der Waals surface area contributed by atoms with Crippen LogP contribution in [0.5, 0.6) is 0 Å². The maximum Gasteiger partial charge on any atom is 0.224 e. The number of nitrogens with one attached hydrogen (secondary N) is 1. The first-order chi connectivity index (χ1) is 9.56. The van der Waals surface area contributed by atoms with Gasteiger partial charge in [-0.2, -0.15) is 0 Å². The molecule has 0 aromatic heterocycles. The molecule has 1 unspecified atom stereocenters. The number of rotatable bonds is 3. The van der Waals surface area contributed by atoms with E-state index in [2.05, 4.69) is 5.32 Å². The van der Waals surface area contributed by atoms with Crippen LogP contribution in [0.25, 0.3) is 0 Å². The summed E-state index contributed by atoms with van der Waals surface area (Å²) in [6.07, 6.45) is 1.47. The third-order valence-electron chi connectivity index (χ3n) is 3.67. The molecule has 0 aliphatic carbocycles. The van der Waals surface area contributed by atoms with Crippen LogP contribution in [-0.2, 0) is 11.3 Å². The van der Waals surface area contributed by atoms with Crippen LogP contribution in [0, 0.1) is 17.6 Å². The van der Waals surface area contributed by atoms with Gasteiger partial charge in [0.25, 0.3) is 0 Å². The summed E-state index contributed by atoms with van der Waals surface area (Å²) < 4.78 is 28.1. The van der Waals surface area contributed by atoms with Gasteiger partial charge in [-0.25, -0.2) is 8.78 Å². The maximum absolute atomic E-state index is 14.1.